The minimum absolute atomic E-state index is 0.115. The molecule has 0 unspecified atom stereocenters. The van der Waals surface area contributed by atoms with Crippen LogP contribution < -0.4 is 0 Å². The smallest absolute Gasteiger partial charge is 0.342 e. The molecule has 0 radical (unpaired) electrons. The molecule has 2 aromatic rings. The molecular formula is C21H26F3N3O. The Bertz CT molecular complexity index is 800. The number of carbonyl (C=O) groups excluding carboxylic acids is 1. The number of halogens is 3. The van der Waals surface area contributed by atoms with Crippen molar-refractivity contribution in [2.24, 2.45) is 13.0 Å². The second-order valence-corrected chi connectivity index (χ2v) is 7.56. The van der Waals surface area contributed by atoms with E-state index in [9.17, 15) is 18.0 Å². The topological polar surface area (TPSA) is 38.1 Å². The van der Waals surface area contributed by atoms with Crippen LogP contribution in [0.5, 0.6) is 0 Å². The van der Waals surface area contributed by atoms with Crippen molar-refractivity contribution in [1.29, 1.82) is 0 Å². The number of piperidine rings is 1. The molecule has 0 N–H and O–H groups in total. The Labute approximate surface area is 163 Å². The Morgan fingerprint density at radius 1 is 1.25 bits per heavy atom. The van der Waals surface area contributed by atoms with Crippen LogP contribution in [0.2, 0.25) is 0 Å². The molecule has 28 heavy (non-hydrogen) atoms. The third-order valence-electron chi connectivity index (χ3n) is 5.40. The molecule has 1 aromatic heterocycles. The maximum atomic E-state index is 13.1. The van der Waals surface area contributed by atoms with E-state index in [1.54, 1.807) is 23.0 Å². The van der Waals surface area contributed by atoms with Gasteiger partial charge < -0.3 is 4.90 Å². The minimum Gasteiger partial charge on any atom is -0.342 e. The second-order valence-electron chi connectivity index (χ2n) is 7.56. The zero-order chi connectivity index (χ0) is 20.1. The number of aryl methyl sites for hydroxylation is 3. The number of benzene rings is 1. The van der Waals surface area contributed by atoms with E-state index in [4.69, 9.17) is 0 Å². The van der Waals surface area contributed by atoms with Crippen LogP contribution in [0.3, 0.4) is 0 Å². The van der Waals surface area contributed by atoms with E-state index in [0.29, 0.717) is 37.8 Å². The molecule has 1 aliphatic rings. The lowest BCUT2D eigenvalue weighted by molar-refractivity contribution is -0.138. The summed E-state index contributed by atoms with van der Waals surface area (Å²) in [6, 6.07) is 5.78. The number of rotatable bonds is 6. The quantitative estimate of drug-likeness (QED) is 0.736. The van der Waals surface area contributed by atoms with Crippen molar-refractivity contribution in [3.05, 3.63) is 53.3 Å². The molecule has 1 atom stereocenters. The van der Waals surface area contributed by atoms with E-state index in [1.807, 2.05) is 18.1 Å². The fourth-order valence-corrected chi connectivity index (χ4v) is 3.91. The van der Waals surface area contributed by atoms with Gasteiger partial charge >= 0.3 is 6.18 Å². The van der Waals surface area contributed by atoms with Gasteiger partial charge in [-0.3, -0.25) is 9.48 Å². The molecule has 7 heteroatoms. The number of likely N-dealkylation sites (tertiary alicyclic amines) is 1. The van der Waals surface area contributed by atoms with Gasteiger partial charge in [0.05, 0.1) is 11.8 Å². The summed E-state index contributed by atoms with van der Waals surface area (Å²) >= 11 is 0. The van der Waals surface area contributed by atoms with Gasteiger partial charge in [0.15, 0.2) is 0 Å². The van der Waals surface area contributed by atoms with Gasteiger partial charge in [-0.15, -0.1) is 0 Å². The number of nitrogens with zero attached hydrogens (tertiary/aromatic N) is 3. The molecule has 1 fully saturated rings. The summed E-state index contributed by atoms with van der Waals surface area (Å²) in [5.74, 6) is 0.363. The summed E-state index contributed by atoms with van der Waals surface area (Å²) < 4.78 is 41.2. The standard InChI is InChI=1S/C21H26F3N3O/c1-26-14-17(13-25-26)9-11-20(28)27-12-4-5-16(15-27)8-10-18-6-2-3-7-19(18)21(22,23)24/h2-3,6-7,13-14,16H,4-5,8-12,15H2,1H3/t16-/m1/s1. The van der Waals surface area contributed by atoms with Gasteiger partial charge in [-0.1, -0.05) is 18.2 Å². The van der Waals surface area contributed by atoms with Crippen LogP contribution in [-0.4, -0.2) is 33.7 Å². The lowest BCUT2D eigenvalue weighted by Gasteiger charge is -2.33. The predicted octanol–water partition coefficient (Wildman–Crippen LogP) is 4.24. The minimum atomic E-state index is -4.32. The molecule has 4 nitrogen and oxygen atoms in total. The molecule has 1 aliphatic heterocycles. The largest absolute Gasteiger partial charge is 0.416 e. The normalized spacial score (nSPS) is 17.7. The van der Waals surface area contributed by atoms with Crippen LogP contribution in [0.15, 0.2) is 36.7 Å². The maximum absolute atomic E-state index is 13.1. The van der Waals surface area contributed by atoms with Gasteiger partial charge in [0.25, 0.3) is 0 Å². The molecule has 0 saturated carbocycles. The molecule has 0 bridgehead atoms. The van der Waals surface area contributed by atoms with Crippen LogP contribution >= 0.6 is 0 Å². The number of alkyl halides is 3. The van der Waals surface area contributed by atoms with Gasteiger partial charge in [-0.05, 0) is 55.2 Å². The van der Waals surface area contributed by atoms with Crippen molar-refractivity contribution in [2.45, 2.75) is 44.7 Å². The third-order valence-corrected chi connectivity index (χ3v) is 5.40. The van der Waals surface area contributed by atoms with Crippen LogP contribution in [0.1, 0.15) is 42.4 Å². The van der Waals surface area contributed by atoms with Crippen LogP contribution in [0.4, 0.5) is 13.2 Å². The number of carbonyl (C=O) groups is 1. The molecule has 1 saturated heterocycles. The summed E-state index contributed by atoms with van der Waals surface area (Å²) in [6.07, 6.45) is 3.37. The molecule has 0 aliphatic carbocycles. The molecule has 0 spiro atoms. The Morgan fingerprint density at radius 2 is 2.04 bits per heavy atom. The third kappa shape index (κ3) is 5.36. The lowest BCUT2D eigenvalue weighted by atomic mass is 9.90. The van der Waals surface area contributed by atoms with E-state index in [1.165, 1.54) is 6.07 Å². The summed E-state index contributed by atoms with van der Waals surface area (Å²) in [4.78, 5) is 14.4. The summed E-state index contributed by atoms with van der Waals surface area (Å²) in [5, 5.41) is 4.11. The molecular weight excluding hydrogens is 367 g/mol. The summed E-state index contributed by atoms with van der Waals surface area (Å²) in [5.41, 5.74) is 0.832. The van der Waals surface area contributed by atoms with Crippen molar-refractivity contribution in [3.8, 4) is 0 Å². The average molecular weight is 393 g/mol. The summed E-state index contributed by atoms with van der Waals surface area (Å²) in [7, 11) is 1.84. The van der Waals surface area contributed by atoms with Crippen molar-refractivity contribution in [1.82, 2.24) is 14.7 Å². The highest BCUT2D eigenvalue weighted by atomic mass is 19.4. The van der Waals surface area contributed by atoms with Gasteiger partial charge in [0.2, 0.25) is 5.91 Å². The van der Waals surface area contributed by atoms with E-state index >= 15 is 0 Å². The van der Waals surface area contributed by atoms with Gasteiger partial charge in [-0.25, -0.2) is 0 Å². The van der Waals surface area contributed by atoms with Crippen LogP contribution in [0.25, 0.3) is 0 Å². The second kappa shape index (κ2) is 8.80. The highest BCUT2D eigenvalue weighted by molar-refractivity contribution is 5.76. The Morgan fingerprint density at radius 3 is 2.75 bits per heavy atom. The zero-order valence-corrected chi connectivity index (χ0v) is 16.1. The van der Waals surface area contributed by atoms with E-state index in [-0.39, 0.29) is 11.8 Å². The number of hydrogen-bond donors (Lipinski definition) is 0. The highest BCUT2D eigenvalue weighted by Gasteiger charge is 2.33. The first-order valence-electron chi connectivity index (χ1n) is 9.73. The van der Waals surface area contributed by atoms with Gasteiger partial charge in [0, 0.05) is 32.8 Å². The Balaban J connectivity index is 1.52. The number of aromatic nitrogens is 2. The SMILES string of the molecule is Cn1cc(CCC(=O)N2CCC[C@H](CCc3ccccc3C(F)(F)F)C2)cn1. The first-order chi connectivity index (χ1) is 13.3. The fraction of sp³-hybridized carbons (Fsp3) is 0.524. The van der Waals surface area contributed by atoms with Crippen molar-refractivity contribution >= 4 is 5.91 Å². The Hall–Kier alpha value is -2.31. The monoisotopic (exact) mass is 393 g/mol. The molecule has 2 heterocycles. The van der Waals surface area contributed by atoms with Crippen LogP contribution in [0, 0.1) is 5.92 Å². The molecule has 152 valence electrons. The first kappa shape index (κ1) is 20.4. The summed E-state index contributed by atoms with van der Waals surface area (Å²) in [6.45, 7) is 1.38. The zero-order valence-electron chi connectivity index (χ0n) is 16.1. The fourth-order valence-electron chi connectivity index (χ4n) is 3.91. The maximum Gasteiger partial charge on any atom is 0.416 e. The van der Waals surface area contributed by atoms with Crippen molar-refractivity contribution in [2.75, 3.05) is 13.1 Å². The van der Waals surface area contributed by atoms with Crippen molar-refractivity contribution in [3.63, 3.8) is 0 Å². The van der Waals surface area contributed by atoms with E-state index in [2.05, 4.69) is 5.10 Å². The van der Waals surface area contributed by atoms with Gasteiger partial charge in [0.1, 0.15) is 0 Å². The lowest BCUT2D eigenvalue weighted by Crippen LogP contribution is -2.40. The number of hydrogen-bond acceptors (Lipinski definition) is 2. The Kier molecular flexibility index (Phi) is 6.42. The molecule has 1 amide bonds. The van der Waals surface area contributed by atoms with E-state index in [0.717, 1.165) is 31.0 Å². The van der Waals surface area contributed by atoms with Crippen molar-refractivity contribution < 1.29 is 18.0 Å². The van der Waals surface area contributed by atoms with E-state index < -0.39 is 11.7 Å². The molecule has 3 rings (SSSR count). The first-order valence-corrected chi connectivity index (χ1v) is 9.73. The highest BCUT2D eigenvalue weighted by Crippen LogP contribution is 2.33. The number of amides is 1. The van der Waals surface area contributed by atoms with Gasteiger partial charge in [-0.2, -0.15) is 18.3 Å². The molecule has 1 aromatic carbocycles. The predicted molar refractivity (Wildman–Crippen MR) is 101 cm³/mol. The van der Waals surface area contributed by atoms with Crippen LogP contribution in [-0.2, 0) is 30.9 Å². The average Bonchev–Trinajstić information content (AvgIpc) is 3.09.